The first-order valence-electron chi connectivity index (χ1n) is 11.3. The second-order valence-electron chi connectivity index (χ2n) is 9.23. The number of amides is 2. The minimum Gasteiger partial charge on any atom is -0.457 e. The van der Waals surface area contributed by atoms with E-state index in [0.717, 1.165) is 23.4 Å². The van der Waals surface area contributed by atoms with Crippen molar-refractivity contribution in [1.82, 2.24) is 9.88 Å². The average Bonchev–Trinajstić information content (AvgIpc) is 2.83. The van der Waals surface area contributed by atoms with Crippen LogP contribution in [0.1, 0.15) is 42.2 Å². The molecule has 0 radical (unpaired) electrons. The molecule has 1 aliphatic rings. The summed E-state index contributed by atoms with van der Waals surface area (Å²) in [5.74, 6) is 0.984. The van der Waals surface area contributed by atoms with Crippen molar-refractivity contribution in [3.05, 3.63) is 90.6 Å². The van der Waals surface area contributed by atoms with Crippen LogP contribution in [0.2, 0.25) is 0 Å². The van der Waals surface area contributed by atoms with Crippen molar-refractivity contribution >= 4 is 11.8 Å². The molecule has 0 bridgehead atoms. The van der Waals surface area contributed by atoms with Crippen LogP contribution in [-0.2, 0) is 4.79 Å². The maximum atomic E-state index is 12.2. The van der Waals surface area contributed by atoms with E-state index in [9.17, 15) is 9.59 Å². The molecule has 4 rings (SSSR count). The van der Waals surface area contributed by atoms with Crippen LogP contribution in [0.15, 0.2) is 79.4 Å². The Morgan fingerprint density at radius 3 is 2.35 bits per heavy atom. The molecule has 0 saturated carbocycles. The number of likely N-dealkylation sites (tertiary alicyclic amines) is 1. The maximum absolute atomic E-state index is 12.2. The van der Waals surface area contributed by atoms with E-state index in [-0.39, 0.29) is 17.2 Å². The fourth-order valence-electron chi connectivity index (χ4n) is 4.61. The second kappa shape index (κ2) is 9.51. The highest BCUT2D eigenvalue weighted by Crippen LogP contribution is 2.42. The minimum absolute atomic E-state index is 0.0536. The van der Waals surface area contributed by atoms with Crippen molar-refractivity contribution in [3.8, 4) is 22.8 Å². The molecular weight excluding hydrogens is 426 g/mol. The van der Waals surface area contributed by atoms with Crippen LogP contribution < -0.4 is 10.5 Å². The number of ether oxygens (including phenoxy) is 1. The number of carbonyl (C=O) groups is 2. The zero-order valence-corrected chi connectivity index (χ0v) is 19.5. The molecule has 1 atom stereocenters. The number of nitrogens with two attached hydrogens (primary N) is 1. The highest BCUT2D eigenvalue weighted by molar-refractivity contribution is 5.98. The van der Waals surface area contributed by atoms with E-state index in [1.807, 2.05) is 65.6 Å². The van der Waals surface area contributed by atoms with Crippen LogP contribution in [0.5, 0.6) is 11.5 Å². The molecule has 0 aliphatic carbocycles. The molecule has 6 heteroatoms. The van der Waals surface area contributed by atoms with Gasteiger partial charge in [-0.15, -0.1) is 0 Å². The summed E-state index contributed by atoms with van der Waals surface area (Å²) in [6.07, 6.45) is 2.14. The van der Waals surface area contributed by atoms with Gasteiger partial charge in [0.05, 0.1) is 11.3 Å². The van der Waals surface area contributed by atoms with Crippen LogP contribution in [0, 0.1) is 5.41 Å². The van der Waals surface area contributed by atoms with Gasteiger partial charge in [-0.1, -0.05) is 38.6 Å². The van der Waals surface area contributed by atoms with Gasteiger partial charge in [-0.05, 0) is 66.4 Å². The van der Waals surface area contributed by atoms with Crippen molar-refractivity contribution in [2.75, 3.05) is 13.1 Å². The van der Waals surface area contributed by atoms with Gasteiger partial charge in [0, 0.05) is 30.3 Å². The lowest BCUT2D eigenvalue weighted by Gasteiger charge is -2.44. The normalized spacial score (nSPS) is 17.1. The standard InChI is InChI=1S/C28H29N3O3/c1-4-25(32)31-17-16-23(28(2,3)18-31)24-15-14-22(27(29)33)26(30-24)19-10-12-21(13-11-19)34-20-8-6-5-7-9-20/h4-15,23H,1,16-18H2,2-3H3,(H2,29,33). The number of hydrogen-bond donors (Lipinski definition) is 1. The number of hydrogen-bond acceptors (Lipinski definition) is 4. The Balaban J connectivity index is 1.64. The van der Waals surface area contributed by atoms with Crippen molar-refractivity contribution < 1.29 is 14.3 Å². The summed E-state index contributed by atoms with van der Waals surface area (Å²) in [5, 5.41) is 0. The summed E-state index contributed by atoms with van der Waals surface area (Å²) in [5.41, 5.74) is 8.08. The number of pyridine rings is 1. The monoisotopic (exact) mass is 455 g/mol. The molecule has 1 unspecified atom stereocenters. The Morgan fingerprint density at radius 1 is 1.06 bits per heavy atom. The van der Waals surface area contributed by atoms with Gasteiger partial charge in [-0.2, -0.15) is 0 Å². The molecule has 34 heavy (non-hydrogen) atoms. The molecule has 1 saturated heterocycles. The van der Waals surface area contributed by atoms with Gasteiger partial charge in [0.2, 0.25) is 5.91 Å². The molecule has 2 N–H and O–H groups in total. The number of primary amides is 1. The number of benzene rings is 2. The molecule has 2 heterocycles. The van der Waals surface area contributed by atoms with Crippen molar-refractivity contribution in [2.45, 2.75) is 26.2 Å². The molecule has 1 aliphatic heterocycles. The van der Waals surface area contributed by atoms with Gasteiger partial charge in [-0.25, -0.2) is 0 Å². The number of carbonyl (C=O) groups excluding carboxylic acids is 2. The lowest BCUT2D eigenvalue weighted by molar-refractivity contribution is -0.129. The Kier molecular flexibility index (Phi) is 6.50. The topological polar surface area (TPSA) is 85.5 Å². The summed E-state index contributed by atoms with van der Waals surface area (Å²) in [7, 11) is 0. The van der Waals surface area contributed by atoms with Gasteiger partial charge in [0.25, 0.3) is 5.91 Å². The lowest BCUT2D eigenvalue weighted by atomic mass is 9.72. The first-order valence-corrected chi connectivity index (χ1v) is 11.3. The number of rotatable bonds is 6. The smallest absolute Gasteiger partial charge is 0.250 e. The molecule has 0 spiro atoms. The first kappa shape index (κ1) is 23.2. The maximum Gasteiger partial charge on any atom is 0.250 e. The zero-order valence-electron chi connectivity index (χ0n) is 19.5. The molecule has 174 valence electrons. The lowest BCUT2D eigenvalue weighted by Crippen LogP contribution is -2.47. The summed E-state index contributed by atoms with van der Waals surface area (Å²) in [6.45, 7) is 9.13. The summed E-state index contributed by atoms with van der Waals surface area (Å²) in [4.78, 5) is 31.1. The molecular formula is C28H29N3O3. The zero-order chi connectivity index (χ0) is 24.3. The van der Waals surface area contributed by atoms with Crippen molar-refractivity contribution in [3.63, 3.8) is 0 Å². The van der Waals surface area contributed by atoms with E-state index in [1.54, 1.807) is 6.07 Å². The largest absolute Gasteiger partial charge is 0.457 e. The second-order valence-corrected chi connectivity index (χ2v) is 9.23. The van der Waals surface area contributed by atoms with Gasteiger partial charge in [0.15, 0.2) is 0 Å². The van der Waals surface area contributed by atoms with Crippen molar-refractivity contribution in [1.29, 1.82) is 0 Å². The summed E-state index contributed by atoms with van der Waals surface area (Å²) in [6, 6.07) is 20.6. The van der Waals surface area contributed by atoms with E-state index in [2.05, 4.69) is 20.4 Å². The van der Waals surface area contributed by atoms with Crippen LogP contribution in [-0.4, -0.2) is 34.8 Å². The quantitative estimate of drug-likeness (QED) is 0.520. The molecule has 1 aromatic heterocycles. The van der Waals surface area contributed by atoms with E-state index >= 15 is 0 Å². The van der Waals surface area contributed by atoms with E-state index < -0.39 is 5.91 Å². The van der Waals surface area contributed by atoms with Crippen molar-refractivity contribution in [2.24, 2.45) is 11.1 Å². The van der Waals surface area contributed by atoms with Gasteiger partial charge < -0.3 is 15.4 Å². The molecule has 2 amide bonds. The average molecular weight is 456 g/mol. The molecule has 3 aromatic rings. The van der Waals surface area contributed by atoms with Crippen LogP contribution in [0.25, 0.3) is 11.3 Å². The van der Waals surface area contributed by atoms with E-state index in [1.165, 1.54) is 6.08 Å². The predicted molar refractivity (Wildman–Crippen MR) is 133 cm³/mol. The Hall–Kier alpha value is -3.93. The van der Waals surface area contributed by atoms with Crippen LogP contribution in [0.3, 0.4) is 0 Å². The highest BCUT2D eigenvalue weighted by atomic mass is 16.5. The number of piperidine rings is 1. The SMILES string of the molecule is C=CC(=O)N1CCC(c2ccc(C(N)=O)c(-c3ccc(Oc4ccccc4)cc3)n2)C(C)(C)C1. The molecule has 2 aromatic carbocycles. The predicted octanol–water partition coefficient (Wildman–Crippen LogP) is 5.17. The van der Waals surface area contributed by atoms with Gasteiger partial charge >= 0.3 is 0 Å². The van der Waals surface area contributed by atoms with Gasteiger partial charge in [0.1, 0.15) is 11.5 Å². The third-order valence-corrected chi connectivity index (χ3v) is 6.36. The number of aromatic nitrogens is 1. The minimum atomic E-state index is -0.524. The fraction of sp³-hybridized carbons (Fsp3) is 0.250. The molecule has 1 fully saturated rings. The number of nitrogens with zero attached hydrogens (tertiary/aromatic N) is 2. The Morgan fingerprint density at radius 2 is 1.74 bits per heavy atom. The molecule has 6 nitrogen and oxygen atoms in total. The van der Waals surface area contributed by atoms with E-state index in [0.29, 0.717) is 30.1 Å². The Labute approximate surface area is 200 Å². The third kappa shape index (κ3) is 4.86. The third-order valence-electron chi connectivity index (χ3n) is 6.36. The Bertz CT molecular complexity index is 1200. The fourth-order valence-corrected chi connectivity index (χ4v) is 4.61. The van der Waals surface area contributed by atoms with Gasteiger partial charge in [-0.3, -0.25) is 14.6 Å². The number of para-hydroxylation sites is 1. The first-order chi connectivity index (χ1) is 16.3. The van der Waals surface area contributed by atoms with E-state index in [4.69, 9.17) is 15.5 Å². The summed E-state index contributed by atoms with van der Waals surface area (Å²) >= 11 is 0. The van der Waals surface area contributed by atoms with Crippen LogP contribution in [0.4, 0.5) is 0 Å². The van der Waals surface area contributed by atoms with Crippen LogP contribution >= 0.6 is 0 Å². The highest BCUT2D eigenvalue weighted by Gasteiger charge is 2.39. The summed E-state index contributed by atoms with van der Waals surface area (Å²) < 4.78 is 5.88.